The van der Waals surface area contributed by atoms with E-state index in [0.29, 0.717) is 0 Å². The summed E-state index contributed by atoms with van der Waals surface area (Å²) in [6.07, 6.45) is 14.0. The van der Waals surface area contributed by atoms with Crippen LogP contribution in [-0.4, -0.2) is 5.11 Å². The lowest BCUT2D eigenvalue weighted by atomic mass is 9.62. The number of aliphatic hydroxyl groups excluding tert-OH is 1. The smallest absolute Gasteiger partial charge is 0.127 e. The van der Waals surface area contributed by atoms with Crippen LogP contribution in [0.3, 0.4) is 0 Å². The molecule has 4 heteroatoms. The molecule has 0 bridgehead atoms. The van der Waals surface area contributed by atoms with Crippen molar-refractivity contribution in [3.8, 4) is 56.0 Å². The topological polar surface area (TPSA) is 35.9 Å². The summed E-state index contributed by atoms with van der Waals surface area (Å²) in [4.78, 5) is 4.93. The molecule has 5 aliphatic rings. The molecule has 0 amide bonds. The van der Waals surface area contributed by atoms with Crippen LogP contribution < -0.4 is 14.5 Å². The van der Waals surface area contributed by atoms with Crippen molar-refractivity contribution in [3.63, 3.8) is 0 Å². The van der Waals surface area contributed by atoms with Gasteiger partial charge in [-0.1, -0.05) is 276 Å². The highest BCUT2D eigenvalue weighted by Crippen LogP contribution is 2.62. The summed E-state index contributed by atoms with van der Waals surface area (Å²) < 4.78 is 6.55. The van der Waals surface area contributed by atoms with Gasteiger partial charge in [0.15, 0.2) is 0 Å². The van der Waals surface area contributed by atoms with Crippen molar-refractivity contribution in [1.82, 2.24) is 0 Å². The van der Waals surface area contributed by atoms with Crippen molar-refractivity contribution in [1.29, 1.82) is 0 Å². The number of ether oxygens (including phenoxy) is 1. The van der Waals surface area contributed by atoms with Crippen LogP contribution in [0.15, 0.2) is 352 Å². The van der Waals surface area contributed by atoms with Gasteiger partial charge >= 0.3 is 0 Å². The minimum absolute atomic E-state index is 0.00898. The molecule has 0 aliphatic heterocycles. The highest BCUT2D eigenvalue weighted by molar-refractivity contribution is 5.89. The molecule has 0 radical (unpaired) electrons. The Morgan fingerprint density at radius 3 is 1.40 bits per heavy atom. The molecule has 5 aliphatic carbocycles. The molecule has 0 spiro atoms. The third-order valence-electron chi connectivity index (χ3n) is 22.8. The lowest BCUT2D eigenvalue weighted by Gasteiger charge is -2.39. The van der Waals surface area contributed by atoms with Gasteiger partial charge in [-0.2, -0.15) is 0 Å². The standard InChI is InChI=1S/C98H78N2O2/c1-96(2)90-26-16-14-24-84(90)86-58-50-80(62-92(86)96)99(76-42-30-68(31-43-76)66-18-8-5-9-19-66)78-46-34-70(35-47-78)72-38-56-88-89-57-39-73(61-95(89)98(94(88)60-72,74-22-12-7-13-23-74)75-40-54-83(55-41-75)102-82-52-28-65(64-101)29-53-82)71-36-48-79(49-37-71)100(77-44-32-69(33-45-77)67-20-10-6-11-21-67)81-51-59-87-85-25-15-17-27-91(85)97(3,4)93(87)63-81/h5-32,34-44,46-63,89,95,101H,33,45,64H2,1-4H3. The Labute approximate surface area is 599 Å². The van der Waals surface area contributed by atoms with E-state index in [1.807, 2.05) is 24.3 Å². The van der Waals surface area contributed by atoms with Gasteiger partial charge in [-0.05, 0) is 227 Å². The largest absolute Gasteiger partial charge is 0.457 e. The summed E-state index contributed by atoms with van der Waals surface area (Å²) in [7, 11) is 0. The fraction of sp³-hybridized carbons (Fsp3) is 0.122. The van der Waals surface area contributed by atoms with E-state index >= 15 is 0 Å². The maximum Gasteiger partial charge on any atom is 0.127 e. The molecule has 0 saturated heterocycles. The molecule has 0 fully saturated rings. The summed E-state index contributed by atoms with van der Waals surface area (Å²) in [5.74, 6) is 1.53. The average molecular weight is 1320 g/mol. The molecule has 0 heterocycles. The molecule has 3 atom stereocenters. The zero-order chi connectivity index (χ0) is 68.7. The molecule has 1 N–H and O–H groups in total. The van der Waals surface area contributed by atoms with E-state index in [2.05, 4.69) is 359 Å². The molecular weight excluding hydrogens is 1240 g/mol. The highest BCUT2D eigenvalue weighted by atomic mass is 16.5. The number of hydrogen-bond donors (Lipinski definition) is 1. The van der Waals surface area contributed by atoms with Crippen molar-refractivity contribution in [3.05, 3.63) is 413 Å². The fourth-order valence-electron chi connectivity index (χ4n) is 17.6. The summed E-state index contributed by atoms with van der Waals surface area (Å²) in [5, 5.41) is 9.84. The van der Waals surface area contributed by atoms with Gasteiger partial charge in [0.2, 0.25) is 0 Å². The molecule has 4 nitrogen and oxygen atoms in total. The summed E-state index contributed by atoms with van der Waals surface area (Å²) >= 11 is 0. The van der Waals surface area contributed by atoms with Crippen LogP contribution in [0.2, 0.25) is 0 Å². The minimum atomic E-state index is -0.629. The van der Waals surface area contributed by atoms with Crippen LogP contribution in [0, 0.1) is 5.92 Å². The summed E-state index contributed by atoms with van der Waals surface area (Å²) in [5.41, 5.74) is 32.2. The predicted molar refractivity (Wildman–Crippen MR) is 422 cm³/mol. The Morgan fingerprint density at radius 1 is 0.373 bits per heavy atom. The normalized spacial score (nSPS) is 17.6. The van der Waals surface area contributed by atoms with E-state index < -0.39 is 5.41 Å². The first-order valence-electron chi connectivity index (χ1n) is 36.0. The molecule has 13 aromatic rings. The zero-order valence-electron chi connectivity index (χ0n) is 57.9. The van der Waals surface area contributed by atoms with E-state index in [0.717, 1.165) is 63.8 Å². The maximum atomic E-state index is 9.84. The first kappa shape index (κ1) is 62.4. The van der Waals surface area contributed by atoms with Gasteiger partial charge < -0.3 is 19.6 Å². The Hall–Kier alpha value is -11.8. The van der Waals surface area contributed by atoms with Gasteiger partial charge in [0, 0.05) is 56.8 Å². The molecule has 13 aromatic carbocycles. The van der Waals surface area contributed by atoms with Gasteiger partial charge in [0.25, 0.3) is 0 Å². The third-order valence-corrected chi connectivity index (χ3v) is 22.8. The molecule has 0 aromatic heterocycles. The number of benzene rings is 13. The van der Waals surface area contributed by atoms with Crippen LogP contribution >= 0.6 is 0 Å². The number of allylic oxidation sites excluding steroid dienone is 8. The molecule has 0 saturated carbocycles. The number of aliphatic hydroxyl groups is 1. The number of rotatable bonds is 15. The Morgan fingerprint density at radius 2 is 0.833 bits per heavy atom. The monoisotopic (exact) mass is 1310 g/mol. The lowest BCUT2D eigenvalue weighted by Crippen LogP contribution is -2.35. The second-order valence-corrected chi connectivity index (χ2v) is 29.1. The van der Waals surface area contributed by atoms with Crippen molar-refractivity contribution in [2.45, 2.75) is 69.3 Å². The first-order valence-corrected chi connectivity index (χ1v) is 36.0. The average Bonchev–Trinajstić information content (AvgIpc) is 1.53. The second-order valence-electron chi connectivity index (χ2n) is 29.1. The minimum Gasteiger partial charge on any atom is -0.457 e. The van der Waals surface area contributed by atoms with E-state index in [1.165, 1.54) is 112 Å². The lowest BCUT2D eigenvalue weighted by molar-refractivity contribution is 0.281. The van der Waals surface area contributed by atoms with Gasteiger partial charge in [0.05, 0.1) is 12.0 Å². The number of hydrogen-bond acceptors (Lipinski definition) is 4. The van der Waals surface area contributed by atoms with Crippen molar-refractivity contribution >= 4 is 39.6 Å². The second kappa shape index (κ2) is 25.1. The van der Waals surface area contributed by atoms with Crippen LogP contribution in [0.1, 0.15) is 108 Å². The predicted octanol–water partition coefficient (Wildman–Crippen LogP) is 25.0. The summed E-state index contributed by atoms with van der Waals surface area (Å²) in [6.45, 7) is 9.45. The third kappa shape index (κ3) is 10.5. The van der Waals surface area contributed by atoms with Crippen molar-refractivity contribution in [2.75, 3.05) is 9.80 Å². The van der Waals surface area contributed by atoms with E-state index in [4.69, 9.17) is 4.74 Å². The highest BCUT2D eigenvalue weighted by Gasteiger charge is 2.54. The molecular formula is C98H78N2O2. The number of fused-ring (bicyclic) bond motifs is 9. The van der Waals surface area contributed by atoms with E-state index in [9.17, 15) is 5.11 Å². The quantitative estimate of drug-likeness (QED) is 0.111. The summed E-state index contributed by atoms with van der Waals surface area (Å²) in [6, 6.07) is 116. The van der Waals surface area contributed by atoms with E-state index in [-0.39, 0.29) is 29.3 Å². The molecule has 18 rings (SSSR count). The SMILES string of the molecule is CC1(C)c2ccccc2-c2ccc(N(C3=CC=C(c4ccccc4)CC3)c3ccc(C4=CC5C(C=C4)c4ccc(-c6ccc(N(c7ccc(-c8ccccc8)cc7)c7ccc8c(c7)C(C)(C)c7ccccc7-8)cc6)cc4C5(c4ccccc4)c4ccc(Oc5ccc(CO)cc5)cc4)cc3)cc21. The Bertz CT molecular complexity index is 5490. The molecule has 3 unspecified atom stereocenters. The molecule has 492 valence electrons. The van der Waals surface area contributed by atoms with Crippen molar-refractivity contribution in [2.24, 2.45) is 5.92 Å². The first-order chi connectivity index (χ1) is 50.0. The maximum absolute atomic E-state index is 9.84. The fourth-order valence-corrected chi connectivity index (χ4v) is 17.6. The van der Waals surface area contributed by atoms with E-state index in [1.54, 1.807) is 0 Å². The Balaban J connectivity index is 0.736. The number of nitrogens with zero attached hydrogens (tertiary/aromatic N) is 2. The zero-order valence-corrected chi connectivity index (χ0v) is 57.9. The van der Waals surface area contributed by atoms with Gasteiger partial charge in [0.1, 0.15) is 11.5 Å². The van der Waals surface area contributed by atoms with Crippen molar-refractivity contribution < 1.29 is 9.84 Å². The van der Waals surface area contributed by atoms with Gasteiger partial charge in [-0.3, -0.25) is 0 Å². The van der Waals surface area contributed by atoms with Gasteiger partial charge in [-0.25, -0.2) is 0 Å². The number of anilines is 5. The van der Waals surface area contributed by atoms with Gasteiger partial charge in [-0.15, -0.1) is 0 Å². The van der Waals surface area contributed by atoms with Crippen LogP contribution in [0.25, 0.3) is 55.7 Å². The van der Waals surface area contributed by atoms with Crippen LogP contribution in [0.5, 0.6) is 11.5 Å². The molecule has 102 heavy (non-hydrogen) atoms. The van der Waals surface area contributed by atoms with Crippen LogP contribution in [0.4, 0.5) is 28.4 Å². The van der Waals surface area contributed by atoms with Crippen LogP contribution in [-0.2, 0) is 22.9 Å². The Kier molecular flexibility index (Phi) is 15.4.